The highest BCUT2D eigenvalue weighted by atomic mass is 15.2. The van der Waals surface area contributed by atoms with E-state index in [1.165, 1.54) is 27.7 Å². The molecular formula is C20H21N3. The summed E-state index contributed by atoms with van der Waals surface area (Å²) in [4.78, 5) is 4.75. The van der Waals surface area contributed by atoms with Crippen molar-refractivity contribution in [2.45, 2.75) is 6.54 Å². The number of nitrogen functional groups attached to an aromatic ring is 1. The van der Waals surface area contributed by atoms with Gasteiger partial charge in [-0.3, -0.25) is 0 Å². The number of rotatable bonds is 1. The van der Waals surface area contributed by atoms with E-state index in [1.807, 2.05) is 6.07 Å². The number of nitrogens with two attached hydrogens (primary N) is 1. The van der Waals surface area contributed by atoms with E-state index in [0.29, 0.717) is 0 Å². The summed E-state index contributed by atoms with van der Waals surface area (Å²) >= 11 is 0. The molecule has 1 aliphatic heterocycles. The van der Waals surface area contributed by atoms with Crippen molar-refractivity contribution in [1.82, 2.24) is 4.90 Å². The molecule has 3 aromatic rings. The van der Waals surface area contributed by atoms with Gasteiger partial charge >= 0.3 is 0 Å². The SMILES string of the molecule is CN1CCN(c2ccc3ccccc3c2)c2cc(N)ccc2C1. The molecule has 0 aliphatic carbocycles. The van der Waals surface area contributed by atoms with Gasteiger partial charge in [-0.15, -0.1) is 0 Å². The van der Waals surface area contributed by atoms with Crippen molar-refractivity contribution in [1.29, 1.82) is 0 Å². The van der Waals surface area contributed by atoms with Gasteiger partial charge in [0.25, 0.3) is 0 Å². The summed E-state index contributed by atoms with van der Waals surface area (Å²) in [6.07, 6.45) is 0. The molecule has 0 fully saturated rings. The number of hydrogen-bond acceptors (Lipinski definition) is 3. The summed E-state index contributed by atoms with van der Waals surface area (Å²) in [7, 11) is 2.17. The van der Waals surface area contributed by atoms with Crippen molar-refractivity contribution < 1.29 is 0 Å². The maximum atomic E-state index is 6.06. The van der Waals surface area contributed by atoms with E-state index in [1.54, 1.807) is 0 Å². The third kappa shape index (κ3) is 2.64. The fourth-order valence-corrected chi connectivity index (χ4v) is 3.34. The highest BCUT2D eigenvalue weighted by Crippen LogP contribution is 2.34. The third-order valence-electron chi connectivity index (χ3n) is 4.59. The number of likely N-dealkylation sites (N-methyl/N-ethyl adjacent to an activating group) is 1. The van der Waals surface area contributed by atoms with Gasteiger partial charge in [0.15, 0.2) is 0 Å². The van der Waals surface area contributed by atoms with Crippen LogP contribution in [0.5, 0.6) is 0 Å². The van der Waals surface area contributed by atoms with Crippen LogP contribution in [0.4, 0.5) is 17.1 Å². The lowest BCUT2D eigenvalue weighted by atomic mass is 10.1. The molecule has 1 aliphatic rings. The van der Waals surface area contributed by atoms with Crippen LogP contribution in [0, 0.1) is 0 Å². The normalized spacial score (nSPS) is 15.4. The molecule has 2 N–H and O–H groups in total. The molecule has 0 saturated heterocycles. The number of anilines is 3. The van der Waals surface area contributed by atoms with Crippen LogP contribution in [0.25, 0.3) is 10.8 Å². The number of hydrogen-bond donors (Lipinski definition) is 1. The predicted octanol–water partition coefficient (Wildman–Crippen LogP) is 4.01. The molecule has 3 aromatic carbocycles. The van der Waals surface area contributed by atoms with Crippen LogP contribution < -0.4 is 10.6 Å². The predicted molar refractivity (Wildman–Crippen MR) is 98.1 cm³/mol. The van der Waals surface area contributed by atoms with Gasteiger partial charge in [0.1, 0.15) is 0 Å². The molecule has 3 heteroatoms. The average Bonchev–Trinajstić information content (AvgIpc) is 2.73. The van der Waals surface area contributed by atoms with Gasteiger partial charge in [-0.25, -0.2) is 0 Å². The Morgan fingerprint density at radius 2 is 1.70 bits per heavy atom. The Morgan fingerprint density at radius 3 is 2.57 bits per heavy atom. The minimum Gasteiger partial charge on any atom is -0.399 e. The lowest BCUT2D eigenvalue weighted by molar-refractivity contribution is 0.343. The largest absolute Gasteiger partial charge is 0.399 e. The Morgan fingerprint density at radius 1 is 0.870 bits per heavy atom. The summed E-state index contributed by atoms with van der Waals surface area (Å²) in [5, 5.41) is 2.55. The van der Waals surface area contributed by atoms with Gasteiger partial charge in [-0.2, -0.15) is 0 Å². The Kier molecular flexibility index (Phi) is 3.43. The Bertz CT molecular complexity index is 856. The van der Waals surface area contributed by atoms with Crippen molar-refractivity contribution in [2.24, 2.45) is 0 Å². The Labute approximate surface area is 136 Å². The van der Waals surface area contributed by atoms with Gasteiger partial charge in [0.2, 0.25) is 0 Å². The molecular weight excluding hydrogens is 282 g/mol. The van der Waals surface area contributed by atoms with Crippen LogP contribution in [0.2, 0.25) is 0 Å². The number of benzene rings is 3. The van der Waals surface area contributed by atoms with E-state index in [2.05, 4.69) is 71.4 Å². The van der Waals surface area contributed by atoms with E-state index in [9.17, 15) is 0 Å². The molecule has 116 valence electrons. The summed E-state index contributed by atoms with van der Waals surface area (Å²) in [5.74, 6) is 0. The highest BCUT2D eigenvalue weighted by molar-refractivity contribution is 5.87. The molecule has 23 heavy (non-hydrogen) atoms. The fraction of sp³-hybridized carbons (Fsp3) is 0.200. The fourth-order valence-electron chi connectivity index (χ4n) is 3.34. The molecule has 0 amide bonds. The van der Waals surface area contributed by atoms with E-state index in [0.717, 1.165) is 25.3 Å². The van der Waals surface area contributed by atoms with Gasteiger partial charge in [-0.1, -0.05) is 36.4 Å². The van der Waals surface area contributed by atoms with Crippen LogP contribution in [0.1, 0.15) is 5.56 Å². The van der Waals surface area contributed by atoms with Gasteiger partial charge in [-0.05, 0) is 47.6 Å². The average molecular weight is 303 g/mol. The smallest absolute Gasteiger partial charge is 0.0477 e. The van der Waals surface area contributed by atoms with Crippen LogP contribution in [0.3, 0.4) is 0 Å². The van der Waals surface area contributed by atoms with E-state index < -0.39 is 0 Å². The molecule has 0 atom stereocenters. The van der Waals surface area contributed by atoms with Crippen molar-refractivity contribution in [3.8, 4) is 0 Å². The highest BCUT2D eigenvalue weighted by Gasteiger charge is 2.19. The summed E-state index contributed by atoms with van der Waals surface area (Å²) in [6, 6.07) is 21.4. The monoisotopic (exact) mass is 303 g/mol. The Balaban J connectivity index is 1.84. The van der Waals surface area contributed by atoms with Crippen molar-refractivity contribution in [3.63, 3.8) is 0 Å². The summed E-state index contributed by atoms with van der Waals surface area (Å²) in [6.45, 7) is 2.95. The van der Waals surface area contributed by atoms with Crippen molar-refractivity contribution in [3.05, 3.63) is 66.2 Å². The molecule has 1 heterocycles. The second kappa shape index (κ2) is 5.60. The van der Waals surface area contributed by atoms with Gasteiger partial charge < -0.3 is 15.5 Å². The minimum atomic E-state index is 0.819. The van der Waals surface area contributed by atoms with Crippen LogP contribution in [-0.4, -0.2) is 25.0 Å². The molecule has 0 radical (unpaired) electrons. The van der Waals surface area contributed by atoms with E-state index in [4.69, 9.17) is 5.73 Å². The standard InChI is InChI=1S/C20H21N3/c1-22-10-11-23(20-13-18(21)8-6-17(20)14-22)19-9-7-15-4-2-3-5-16(15)12-19/h2-9,12-13H,10-11,14,21H2,1H3. The maximum absolute atomic E-state index is 6.06. The zero-order valence-electron chi connectivity index (χ0n) is 13.4. The first-order chi connectivity index (χ1) is 11.2. The van der Waals surface area contributed by atoms with Crippen molar-refractivity contribution in [2.75, 3.05) is 30.8 Å². The van der Waals surface area contributed by atoms with E-state index in [-0.39, 0.29) is 0 Å². The topological polar surface area (TPSA) is 32.5 Å². The molecule has 0 unspecified atom stereocenters. The second-order valence-electron chi connectivity index (χ2n) is 6.31. The van der Waals surface area contributed by atoms with Gasteiger partial charge in [0.05, 0.1) is 0 Å². The van der Waals surface area contributed by atoms with E-state index >= 15 is 0 Å². The van der Waals surface area contributed by atoms with Crippen LogP contribution in [0.15, 0.2) is 60.7 Å². The lowest BCUT2D eigenvalue weighted by Crippen LogP contribution is -2.26. The summed E-state index contributed by atoms with van der Waals surface area (Å²) < 4.78 is 0. The first-order valence-electron chi connectivity index (χ1n) is 8.04. The maximum Gasteiger partial charge on any atom is 0.0477 e. The Hall–Kier alpha value is -2.52. The van der Waals surface area contributed by atoms with Crippen LogP contribution >= 0.6 is 0 Å². The summed E-state index contributed by atoms with van der Waals surface area (Å²) in [5.41, 5.74) is 10.7. The van der Waals surface area contributed by atoms with Gasteiger partial charge in [0, 0.05) is 36.7 Å². The molecule has 0 bridgehead atoms. The lowest BCUT2D eigenvalue weighted by Gasteiger charge is -2.25. The zero-order chi connectivity index (χ0) is 15.8. The number of fused-ring (bicyclic) bond motifs is 2. The quantitative estimate of drug-likeness (QED) is 0.690. The molecule has 0 aromatic heterocycles. The molecule has 3 nitrogen and oxygen atoms in total. The molecule has 0 saturated carbocycles. The second-order valence-corrected chi connectivity index (χ2v) is 6.31. The molecule has 0 spiro atoms. The van der Waals surface area contributed by atoms with Crippen molar-refractivity contribution >= 4 is 27.8 Å². The zero-order valence-corrected chi connectivity index (χ0v) is 13.4. The third-order valence-corrected chi connectivity index (χ3v) is 4.59. The number of nitrogens with zero attached hydrogens (tertiary/aromatic N) is 2. The minimum absolute atomic E-state index is 0.819. The first kappa shape index (κ1) is 14.1. The van der Waals surface area contributed by atoms with Crippen LogP contribution in [-0.2, 0) is 6.54 Å². The first-order valence-corrected chi connectivity index (χ1v) is 8.04. The molecule has 4 rings (SSSR count).